The quantitative estimate of drug-likeness (QED) is 0.261. The van der Waals surface area contributed by atoms with Gasteiger partial charge in [0.1, 0.15) is 11.5 Å². The van der Waals surface area contributed by atoms with Crippen molar-refractivity contribution in [3.8, 4) is 0 Å². The summed E-state index contributed by atoms with van der Waals surface area (Å²) in [5.74, 6) is -1.03. The molecule has 1 fully saturated rings. The lowest BCUT2D eigenvalue weighted by atomic mass is 10.0. The van der Waals surface area contributed by atoms with E-state index in [0.717, 1.165) is 18.7 Å². The fourth-order valence-corrected chi connectivity index (χ4v) is 7.05. The largest absolute Gasteiger partial charge is 0.320 e. The van der Waals surface area contributed by atoms with E-state index >= 15 is 0 Å². The zero-order valence-corrected chi connectivity index (χ0v) is 25.0. The molecule has 0 bridgehead atoms. The van der Waals surface area contributed by atoms with Gasteiger partial charge in [-0.05, 0) is 91.1 Å². The van der Waals surface area contributed by atoms with E-state index in [1.165, 1.54) is 46.9 Å². The van der Waals surface area contributed by atoms with Crippen molar-refractivity contribution in [2.45, 2.75) is 32.4 Å². The van der Waals surface area contributed by atoms with Crippen LogP contribution in [-0.2, 0) is 11.3 Å². The highest BCUT2D eigenvalue weighted by atomic mass is 127. The summed E-state index contributed by atoms with van der Waals surface area (Å²) in [6.45, 7) is 3.95. The number of nitrogens with zero attached hydrogens (tertiary/aromatic N) is 3. The van der Waals surface area contributed by atoms with Crippen LogP contribution in [0.4, 0.5) is 10.1 Å². The van der Waals surface area contributed by atoms with Gasteiger partial charge in [0.15, 0.2) is 5.78 Å². The van der Waals surface area contributed by atoms with Gasteiger partial charge >= 0.3 is 0 Å². The minimum Gasteiger partial charge on any atom is -0.320 e. The first kappa shape index (κ1) is 28.9. The van der Waals surface area contributed by atoms with E-state index in [1.807, 2.05) is 6.07 Å². The molecule has 1 aromatic carbocycles. The minimum absolute atomic E-state index is 0.135. The predicted molar refractivity (Wildman–Crippen MR) is 168 cm³/mol. The lowest BCUT2D eigenvalue weighted by Gasteiger charge is -2.21. The number of halogens is 2. The van der Waals surface area contributed by atoms with Gasteiger partial charge < -0.3 is 15.2 Å². The number of benzene rings is 1. The highest BCUT2D eigenvalue weighted by Gasteiger charge is 2.20. The number of hydrogen-bond donors (Lipinski definition) is 2. The van der Waals surface area contributed by atoms with Crippen LogP contribution in [0.25, 0.3) is 5.57 Å². The number of allylic oxidation sites excluding steroid dienone is 2. The Morgan fingerprint density at radius 3 is 2.56 bits per heavy atom. The number of anilines is 1. The first-order valence-corrected chi connectivity index (χ1v) is 15.8. The molecule has 0 radical (unpaired) electrons. The number of aromatic nitrogens is 2. The molecule has 2 N–H and O–H groups in total. The Kier molecular flexibility index (Phi) is 9.11. The fourth-order valence-electron chi connectivity index (χ4n) is 4.73. The van der Waals surface area contributed by atoms with Gasteiger partial charge in [-0.2, -0.15) is 0 Å². The number of ketones is 1. The van der Waals surface area contributed by atoms with E-state index in [4.69, 9.17) is 0 Å². The Morgan fingerprint density at radius 2 is 1.83 bits per heavy atom. The number of likely N-dealkylation sites (N-methyl/N-ethyl adjacent to an activating group) is 1. The summed E-state index contributed by atoms with van der Waals surface area (Å²) in [6, 6.07) is 10.1. The van der Waals surface area contributed by atoms with Crippen molar-refractivity contribution in [3.05, 3.63) is 110 Å². The summed E-state index contributed by atoms with van der Waals surface area (Å²) >= 11 is -0.252. The minimum atomic E-state index is -0.480. The Morgan fingerprint density at radius 1 is 1.07 bits per heavy atom. The topological polar surface area (TPSA) is 96.3 Å². The van der Waals surface area contributed by atoms with Crippen LogP contribution in [0.1, 0.15) is 46.9 Å². The average molecular weight is 668 g/mol. The molecule has 2 aromatic heterocycles. The third kappa shape index (κ3) is 6.66. The summed E-state index contributed by atoms with van der Waals surface area (Å²) in [5, 5.41) is 5.63. The van der Waals surface area contributed by atoms with Gasteiger partial charge in [-0.3, -0.25) is 24.3 Å². The smallest absolute Gasteiger partial charge is 0.275 e. The van der Waals surface area contributed by atoms with Gasteiger partial charge in [-0.1, -0.05) is 20.7 Å². The molecule has 0 saturated carbocycles. The molecule has 4 heterocycles. The molecule has 1 atom stereocenters. The van der Waals surface area contributed by atoms with Crippen molar-refractivity contribution in [1.29, 1.82) is 0 Å². The number of hydrogen-bond acceptors (Lipinski definition) is 6. The zero-order chi connectivity index (χ0) is 28.9. The molecule has 212 valence electrons. The van der Waals surface area contributed by atoms with Crippen molar-refractivity contribution < 1.29 is 14.0 Å². The number of carbonyl (C=O) groups excluding carboxylic acids is 2. The molecule has 5 rings (SSSR count). The molecule has 0 spiro atoms. The van der Waals surface area contributed by atoms with Gasteiger partial charge in [0.05, 0.1) is 21.9 Å². The van der Waals surface area contributed by atoms with E-state index in [0.29, 0.717) is 22.4 Å². The maximum atomic E-state index is 13.8. The maximum absolute atomic E-state index is 13.8. The second kappa shape index (κ2) is 12.9. The molecule has 8 nitrogen and oxygen atoms in total. The van der Waals surface area contributed by atoms with Crippen LogP contribution in [0.3, 0.4) is 0 Å². The van der Waals surface area contributed by atoms with Crippen LogP contribution in [-0.4, -0.2) is 56.0 Å². The summed E-state index contributed by atoms with van der Waals surface area (Å²) in [5.41, 5.74) is 2.77. The highest BCUT2D eigenvalue weighted by molar-refractivity contribution is 14.2. The van der Waals surface area contributed by atoms with E-state index in [1.54, 1.807) is 36.9 Å². The van der Waals surface area contributed by atoms with Crippen LogP contribution >= 0.6 is 20.7 Å². The third-order valence-corrected chi connectivity index (χ3v) is 9.51. The summed E-state index contributed by atoms with van der Waals surface area (Å²) in [6.07, 6.45) is 9.69. The highest BCUT2D eigenvalue weighted by Crippen LogP contribution is 2.27. The Balaban J connectivity index is 1.53. The first-order valence-electron chi connectivity index (χ1n) is 13.4. The molecule has 0 unspecified atom stereocenters. The van der Waals surface area contributed by atoms with Crippen LogP contribution in [0.2, 0.25) is 0 Å². The number of pyridine rings is 2. The van der Waals surface area contributed by atoms with Crippen molar-refractivity contribution in [3.63, 3.8) is 0 Å². The fraction of sp³-hybridized carbons (Fsp3) is 0.258. The van der Waals surface area contributed by atoms with Crippen molar-refractivity contribution in [2.75, 3.05) is 25.5 Å². The molecule has 41 heavy (non-hydrogen) atoms. The normalized spacial score (nSPS) is 16.0. The van der Waals surface area contributed by atoms with E-state index < -0.39 is 11.9 Å². The second-order valence-corrected chi connectivity index (χ2v) is 12.4. The molecule has 1 amide bonds. The van der Waals surface area contributed by atoms with Gasteiger partial charge in [0.2, 0.25) is 5.91 Å². The summed E-state index contributed by atoms with van der Waals surface area (Å²) < 4.78 is 18.5. The monoisotopic (exact) mass is 667 g/mol. The molecule has 2 aliphatic heterocycles. The Labute approximate surface area is 247 Å². The van der Waals surface area contributed by atoms with Crippen LogP contribution in [0.15, 0.2) is 75.9 Å². The number of carbonyl (C=O) groups is 2. The van der Waals surface area contributed by atoms with Crippen molar-refractivity contribution >= 4 is 47.3 Å². The van der Waals surface area contributed by atoms with Crippen LogP contribution in [0, 0.1) is 5.82 Å². The van der Waals surface area contributed by atoms with Crippen LogP contribution in [0.5, 0.6) is 0 Å². The molecule has 1 saturated heterocycles. The van der Waals surface area contributed by atoms with E-state index in [2.05, 4.69) is 36.8 Å². The summed E-state index contributed by atoms with van der Waals surface area (Å²) in [7, 11) is 1.68. The van der Waals surface area contributed by atoms with Crippen molar-refractivity contribution in [1.82, 2.24) is 19.8 Å². The molecule has 2 aliphatic rings. The predicted octanol–water partition coefficient (Wildman–Crippen LogP) is 4.32. The summed E-state index contributed by atoms with van der Waals surface area (Å²) in [4.78, 5) is 46.2. The molecular formula is C31H31FIN5O3. The molecule has 0 aliphatic carbocycles. The van der Waals surface area contributed by atoms with Crippen LogP contribution < -0.4 is 16.2 Å². The molecular weight excluding hydrogens is 636 g/mol. The lowest BCUT2D eigenvalue weighted by Crippen LogP contribution is -2.38. The van der Waals surface area contributed by atoms with E-state index in [-0.39, 0.29) is 50.2 Å². The molecule has 10 heteroatoms. The van der Waals surface area contributed by atoms with Gasteiger partial charge in [0, 0.05) is 42.2 Å². The third-order valence-electron chi connectivity index (χ3n) is 7.16. The maximum Gasteiger partial charge on any atom is 0.275 e. The SMILES string of the molecule is CN[C@@H](C)C(=O)Nc1ccc(C2=CC(N3CCCC3)=IC=C2)n(Cc2cncc(C(=O)c3ccc(F)cc3)c2)c1=O. The molecule has 3 aromatic rings. The van der Waals surface area contributed by atoms with Gasteiger partial charge in [0.25, 0.3) is 5.56 Å². The first-order chi connectivity index (χ1) is 19.8. The number of likely N-dealkylation sites (tertiary alicyclic amines) is 1. The lowest BCUT2D eigenvalue weighted by molar-refractivity contribution is -0.117. The average Bonchev–Trinajstić information content (AvgIpc) is 3.54. The Bertz CT molecular complexity index is 1620. The number of amides is 1. The second-order valence-electron chi connectivity index (χ2n) is 9.96. The van der Waals surface area contributed by atoms with Gasteiger partial charge in [-0.25, -0.2) is 4.39 Å². The van der Waals surface area contributed by atoms with E-state index in [9.17, 15) is 18.8 Å². The number of nitrogens with one attached hydrogen (secondary N) is 2. The van der Waals surface area contributed by atoms with Crippen molar-refractivity contribution in [2.24, 2.45) is 0 Å². The zero-order valence-electron chi connectivity index (χ0n) is 22.9. The standard InChI is InChI=1S/C31H31FIN5O3/c1-20(34-2)30(40)36-26-9-10-27(23-11-12-33-28(16-23)37-13-3-4-14-37)38(31(26)41)19-21-15-24(18-35-17-21)29(39)22-5-7-25(32)8-6-22/h5-12,15-18,20,34H,3-4,13-14,19H2,1-2H3,(H,36,40)/t20-/m0/s1. The number of rotatable bonds is 9. The Hall–Kier alpha value is -3.61. The van der Waals surface area contributed by atoms with Gasteiger partial charge in [-0.15, -0.1) is 0 Å².